The molecule has 0 saturated heterocycles. The van der Waals surface area contributed by atoms with Gasteiger partial charge < -0.3 is 14.4 Å². The smallest absolute Gasteiger partial charge is 0.133 e. The molecule has 0 N–H and O–H groups in total. The lowest BCUT2D eigenvalue weighted by Gasteiger charge is -2.12. The number of halogens is 1. The zero-order chi connectivity index (χ0) is 21.8. The molecule has 160 valence electrons. The highest BCUT2D eigenvalue weighted by Gasteiger charge is 2.13. The van der Waals surface area contributed by atoms with Crippen LogP contribution >= 0.6 is 11.6 Å². The second kappa shape index (κ2) is 9.32. The van der Waals surface area contributed by atoms with E-state index in [9.17, 15) is 0 Å². The lowest BCUT2D eigenvalue weighted by atomic mass is 10.1. The van der Waals surface area contributed by atoms with Gasteiger partial charge in [-0.05, 0) is 44.4 Å². The molecule has 0 fully saturated rings. The minimum absolute atomic E-state index is 0.318. The molecule has 4 rings (SSSR count). The Hall–Kier alpha value is -3.16. The van der Waals surface area contributed by atoms with Crippen molar-refractivity contribution < 1.29 is 9.47 Å². The van der Waals surface area contributed by atoms with Crippen LogP contribution in [0.25, 0.3) is 22.2 Å². The summed E-state index contributed by atoms with van der Waals surface area (Å²) >= 11 is 6.04. The normalized spacial score (nSPS) is 11.3. The average Bonchev–Trinajstić information content (AvgIpc) is 3.12. The molecule has 7 nitrogen and oxygen atoms in total. The van der Waals surface area contributed by atoms with Gasteiger partial charge in [-0.1, -0.05) is 17.7 Å². The molecule has 3 heterocycles. The van der Waals surface area contributed by atoms with Crippen molar-refractivity contribution in [3.05, 3.63) is 65.7 Å². The second-order valence-corrected chi connectivity index (χ2v) is 7.86. The number of rotatable bonds is 8. The number of nitrogens with zero attached hydrogens (tertiary/aromatic N) is 5. The molecule has 8 heteroatoms. The van der Waals surface area contributed by atoms with Crippen molar-refractivity contribution in [3.63, 3.8) is 0 Å². The van der Waals surface area contributed by atoms with Gasteiger partial charge in [-0.15, -0.1) is 0 Å². The molecule has 0 unspecified atom stereocenters. The molecule has 0 aliphatic heterocycles. The first-order valence-electron chi connectivity index (χ1n) is 9.93. The zero-order valence-electron chi connectivity index (χ0n) is 17.7. The van der Waals surface area contributed by atoms with Crippen LogP contribution in [0.1, 0.15) is 5.69 Å². The molecule has 0 amide bonds. The van der Waals surface area contributed by atoms with Crippen molar-refractivity contribution >= 4 is 22.6 Å². The van der Waals surface area contributed by atoms with Gasteiger partial charge in [0, 0.05) is 43.2 Å². The van der Waals surface area contributed by atoms with Crippen molar-refractivity contribution in [3.8, 4) is 22.6 Å². The van der Waals surface area contributed by atoms with Gasteiger partial charge in [-0.25, -0.2) is 4.98 Å². The van der Waals surface area contributed by atoms with Gasteiger partial charge in [0.15, 0.2) is 0 Å². The Morgan fingerprint density at radius 2 is 1.84 bits per heavy atom. The van der Waals surface area contributed by atoms with Gasteiger partial charge in [0.25, 0.3) is 0 Å². The van der Waals surface area contributed by atoms with Crippen LogP contribution in [0.3, 0.4) is 0 Å². The highest BCUT2D eigenvalue weighted by molar-refractivity contribution is 6.29. The van der Waals surface area contributed by atoms with E-state index in [4.69, 9.17) is 21.1 Å². The van der Waals surface area contributed by atoms with E-state index >= 15 is 0 Å². The molecule has 1 aromatic carbocycles. The molecule has 0 radical (unpaired) electrons. The molecule has 0 bridgehead atoms. The highest BCUT2D eigenvalue weighted by Crippen LogP contribution is 2.27. The number of pyridine rings is 2. The number of ether oxygens (including phenoxy) is 2. The fraction of sp³-hybridized carbons (Fsp3) is 0.261. The first-order chi connectivity index (χ1) is 15.0. The Balaban J connectivity index is 1.51. The summed E-state index contributed by atoms with van der Waals surface area (Å²) in [4.78, 5) is 10.9. The van der Waals surface area contributed by atoms with Crippen LogP contribution in [-0.4, -0.2) is 51.9 Å². The van der Waals surface area contributed by atoms with Crippen molar-refractivity contribution in [1.29, 1.82) is 0 Å². The van der Waals surface area contributed by atoms with E-state index in [1.807, 2.05) is 69.9 Å². The molecule has 0 saturated carbocycles. The first-order valence-corrected chi connectivity index (χ1v) is 10.3. The fourth-order valence-corrected chi connectivity index (χ4v) is 3.32. The number of aromatic nitrogens is 4. The Kier molecular flexibility index (Phi) is 6.34. The molecule has 31 heavy (non-hydrogen) atoms. The molecule has 3 aromatic heterocycles. The van der Waals surface area contributed by atoms with Crippen LogP contribution in [0, 0.1) is 0 Å². The third-order valence-corrected chi connectivity index (χ3v) is 4.92. The third kappa shape index (κ3) is 5.31. The summed E-state index contributed by atoms with van der Waals surface area (Å²) in [5.41, 5.74) is 4.20. The van der Waals surface area contributed by atoms with Gasteiger partial charge >= 0.3 is 0 Å². The zero-order valence-corrected chi connectivity index (χ0v) is 18.5. The third-order valence-electron chi connectivity index (χ3n) is 4.71. The van der Waals surface area contributed by atoms with E-state index in [1.165, 1.54) is 0 Å². The largest absolute Gasteiger partial charge is 0.492 e. The number of benzene rings is 1. The number of likely N-dealkylation sites (N-methyl/N-ethyl adjacent to an activating group) is 1. The van der Waals surface area contributed by atoms with Gasteiger partial charge in [-0.3, -0.25) is 9.67 Å². The van der Waals surface area contributed by atoms with Crippen molar-refractivity contribution in [2.75, 3.05) is 27.2 Å². The Morgan fingerprint density at radius 1 is 1.03 bits per heavy atom. The number of fused-ring (bicyclic) bond motifs is 1. The van der Waals surface area contributed by atoms with Crippen LogP contribution in [0.4, 0.5) is 0 Å². The van der Waals surface area contributed by atoms with Gasteiger partial charge in [0.05, 0.1) is 11.0 Å². The maximum Gasteiger partial charge on any atom is 0.133 e. The van der Waals surface area contributed by atoms with Crippen molar-refractivity contribution in [1.82, 2.24) is 24.6 Å². The monoisotopic (exact) mass is 437 g/mol. The Morgan fingerprint density at radius 3 is 2.65 bits per heavy atom. The van der Waals surface area contributed by atoms with Crippen LogP contribution in [0.15, 0.2) is 54.9 Å². The van der Waals surface area contributed by atoms with E-state index in [1.54, 1.807) is 10.7 Å². The molecule has 0 aliphatic rings. The molecule has 0 atom stereocenters. The lowest BCUT2D eigenvalue weighted by Crippen LogP contribution is -2.19. The summed E-state index contributed by atoms with van der Waals surface area (Å²) in [6.45, 7) is 1.79. The standard InChI is InChI=1S/C23H24ClN5O2/c1-28(2)9-10-30-17-5-4-6-18(12-17)31-15-22-19(14-29(3)27-22)16-11-21-20(25-13-16)7-8-23(24)26-21/h4-8,11-14H,9-10,15H2,1-3H3. The maximum atomic E-state index is 6.04. The van der Waals surface area contributed by atoms with E-state index in [0.717, 1.165) is 45.9 Å². The molecular formula is C23H24ClN5O2. The maximum absolute atomic E-state index is 6.04. The highest BCUT2D eigenvalue weighted by atomic mass is 35.5. The lowest BCUT2D eigenvalue weighted by molar-refractivity contribution is 0.258. The van der Waals surface area contributed by atoms with Crippen LogP contribution in [0.2, 0.25) is 5.15 Å². The number of aryl methyl sites for hydroxylation is 1. The second-order valence-electron chi connectivity index (χ2n) is 7.47. The molecule has 4 aromatic rings. The van der Waals surface area contributed by atoms with Gasteiger partial charge in [0.1, 0.15) is 35.6 Å². The van der Waals surface area contributed by atoms with E-state index in [-0.39, 0.29) is 0 Å². The SMILES string of the molecule is CN(C)CCOc1cccc(OCc2nn(C)cc2-c2cnc3ccc(Cl)nc3c2)c1. The minimum atomic E-state index is 0.318. The summed E-state index contributed by atoms with van der Waals surface area (Å²) in [5, 5.41) is 5.01. The topological polar surface area (TPSA) is 65.3 Å². The van der Waals surface area contributed by atoms with Crippen LogP contribution in [-0.2, 0) is 13.7 Å². The summed E-state index contributed by atoms with van der Waals surface area (Å²) in [6.07, 6.45) is 3.77. The van der Waals surface area contributed by atoms with E-state index < -0.39 is 0 Å². The average molecular weight is 438 g/mol. The summed E-state index contributed by atoms with van der Waals surface area (Å²) in [7, 11) is 5.92. The number of hydrogen-bond donors (Lipinski definition) is 0. The van der Waals surface area contributed by atoms with Crippen molar-refractivity contribution in [2.24, 2.45) is 7.05 Å². The molecule has 0 aliphatic carbocycles. The quantitative estimate of drug-likeness (QED) is 0.385. The van der Waals surface area contributed by atoms with Crippen molar-refractivity contribution in [2.45, 2.75) is 6.61 Å². The van der Waals surface area contributed by atoms with Gasteiger partial charge in [-0.2, -0.15) is 5.10 Å². The minimum Gasteiger partial charge on any atom is -0.492 e. The molecule has 0 spiro atoms. The van der Waals surface area contributed by atoms with E-state index in [2.05, 4.69) is 20.0 Å². The molecular weight excluding hydrogens is 414 g/mol. The summed E-state index contributed by atoms with van der Waals surface area (Å²) < 4.78 is 13.6. The summed E-state index contributed by atoms with van der Waals surface area (Å²) in [6, 6.07) is 13.2. The van der Waals surface area contributed by atoms with Crippen LogP contribution in [0.5, 0.6) is 11.5 Å². The Bertz CT molecular complexity index is 1190. The van der Waals surface area contributed by atoms with E-state index in [0.29, 0.717) is 18.4 Å². The number of hydrogen-bond acceptors (Lipinski definition) is 6. The fourth-order valence-electron chi connectivity index (χ4n) is 3.16. The van der Waals surface area contributed by atoms with Gasteiger partial charge in [0.2, 0.25) is 0 Å². The summed E-state index contributed by atoms with van der Waals surface area (Å²) in [5.74, 6) is 1.51. The predicted molar refractivity (Wildman–Crippen MR) is 122 cm³/mol. The van der Waals surface area contributed by atoms with Crippen LogP contribution < -0.4 is 9.47 Å². The Labute approximate surface area is 186 Å². The predicted octanol–water partition coefficient (Wildman–Crippen LogP) is 4.20. The first kappa shape index (κ1) is 21.1.